The molecule has 0 fully saturated rings. The molecule has 66 valence electrons. The van der Waals surface area contributed by atoms with E-state index in [0.717, 1.165) is 17.0 Å². The van der Waals surface area contributed by atoms with Crippen LogP contribution in [0.15, 0.2) is 18.2 Å². The van der Waals surface area contributed by atoms with Gasteiger partial charge in [-0.15, -0.1) is 0 Å². The molecule has 0 bridgehead atoms. The maximum atomic E-state index is 5.91. The molecule has 0 aliphatic carbocycles. The van der Waals surface area contributed by atoms with E-state index in [1.54, 1.807) is 0 Å². The first-order valence-corrected chi connectivity index (χ1v) is 5.28. The summed E-state index contributed by atoms with van der Waals surface area (Å²) in [5.74, 6) is 0. The van der Waals surface area contributed by atoms with E-state index in [2.05, 4.69) is 35.0 Å². The molecule has 2 heteroatoms. The third kappa shape index (κ3) is 2.80. The molecule has 0 amide bonds. The van der Waals surface area contributed by atoms with Crippen LogP contribution in [-0.4, -0.2) is 4.83 Å². The van der Waals surface area contributed by atoms with Gasteiger partial charge in [0.1, 0.15) is 0 Å². The highest BCUT2D eigenvalue weighted by atomic mass is 79.9. The van der Waals surface area contributed by atoms with Crippen LogP contribution in [0.5, 0.6) is 0 Å². The highest BCUT2D eigenvalue weighted by Crippen LogP contribution is 2.18. The zero-order valence-electron chi connectivity index (χ0n) is 7.27. The summed E-state index contributed by atoms with van der Waals surface area (Å²) < 4.78 is 0. The summed E-state index contributed by atoms with van der Waals surface area (Å²) in [7, 11) is 0. The quantitative estimate of drug-likeness (QED) is 0.694. The second-order valence-corrected chi connectivity index (χ2v) is 5.04. The molecule has 12 heavy (non-hydrogen) atoms. The first-order chi connectivity index (χ1) is 5.59. The second kappa shape index (κ2) is 4.29. The minimum atomic E-state index is 0.526. The fourth-order valence-corrected chi connectivity index (χ4v) is 1.65. The molecule has 1 aromatic carbocycles. The Morgan fingerprint density at radius 2 is 2.17 bits per heavy atom. The van der Waals surface area contributed by atoms with Gasteiger partial charge in [0.25, 0.3) is 0 Å². The zero-order chi connectivity index (χ0) is 9.14. The van der Waals surface area contributed by atoms with Gasteiger partial charge in [0.05, 0.1) is 0 Å². The first kappa shape index (κ1) is 10.1. The van der Waals surface area contributed by atoms with Crippen LogP contribution in [0.1, 0.15) is 18.1 Å². The lowest BCUT2D eigenvalue weighted by Crippen LogP contribution is -1.96. The fourth-order valence-electron chi connectivity index (χ4n) is 1.16. The van der Waals surface area contributed by atoms with Gasteiger partial charge in [0, 0.05) is 9.85 Å². The average molecular weight is 248 g/mol. The molecule has 0 aliphatic rings. The van der Waals surface area contributed by atoms with Crippen molar-refractivity contribution in [3.05, 3.63) is 34.3 Å². The number of hydrogen-bond donors (Lipinski definition) is 0. The number of benzene rings is 1. The second-order valence-electron chi connectivity index (χ2n) is 3.07. The third-order valence-electron chi connectivity index (χ3n) is 1.74. The largest absolute Gasteiger partial charge is 0.0890 e. The van der Waals surface area contributed by atoms with Crippen molar-refractivity contribution in [2.75, 3.05) is 0 Å². The Hall–Kier alpha value is -0.0100. The van der Waals surface area contributed by atoms with Crippen LogP contribution in [0.3, 0.4) is 0 Å². The lowest BCUT2D eigenvalue weighted by Gasteiger charge is -2.05. The number of hydrogen-bond acceptors (Lipinski definition) is 0. The lowest BCUT2D eigenvalue weighted by molar-refractivity contribution is 0.958. The van der Waals surface area contributed by atoms with Crippen LogP contribution >= 0.6 is 27.5 Å². The maximum Gasteiger partial charge on any atom is 0.0435 e. The van der Waals surface area contributed by atoms with E-state index in [0.29, 0.717) is 4.83 Å². The summed E-state index contributed by atoms with van der Waals surface area (Å²) >= 11 is 9.43. The Kier molecular flexibility index (Phi) is 3.60. The minimum absolute atomic E-state index is 0.526. The average Bonchev–Trinajstić information content (AvgIpc) is 1.96. The molecule has 0 spiro atoms. The van der Waals surface area contributed by atoms with Crippen LogP contribution in [0.25, 0.3) is 0 Å². The molecule has 1 atom stereocenters. The van der Waals surface area contributed by atoms with Crippen molar-refractivity contribution in [3.8, 4) is 0 Å². The van der Waals surface area contributed by atoms with Gasteiger partial charge in [-0.2, -0.15) is 0 Å². The van der Waals surface area contributed by atoms with Gasteiger partial charge in [-0.1, -0.05) is 46.6 Å². The first-order valence-electron chi connectivity index (χ1n) is 3.98. The molecule has 0 nitrogen and oxygen atoms in total. The van der Waals surface area contributed by atoms with Crippen molar-refractivity contribution in [2.45, 2.75) is 25.1 Å². The van der Waals surface area contributed by atoms with Crippen LogP contribution in [0.2, 0.25) is 5.02 Å². The Labute approximate surface area is 87.1 Å². The Balaban J connectivity index is 2.82. The Morgan fingerprint density at radius 1 is 1.50 bits per heavy atom. The Bertz CT molecular complexity index is 269. The molecular weight excluding hydrogens is 235 g/mol. The predicted molar refractivity (Wildman–Crippen MR) is 58.3 cm³/mol. The molecule has 0 saturated carbocycles. The van der Waals surface area contributed by atoms with Crippen molar-refractivity contribution in [3.63, 3.8) is 0 Å². The van der Waals surface area contributed by atoms with Crippen molar-refractivity contribution in [2.24, 2.45) is 0 Å². The van der Waals surface area contributed by atoms with Gasteiger partial charge in [0.2, 0.25) is 0 Å². The van der Waals surface area contributed by atoms with E-state index in [1.165, 1.54) is 5.56 Å². The van der Waals surface area contributed by atoms with Crippen molar-refractivity contribution >= 4 is 27.5 Å². The van der Waals surface area contributed by atoms with E-state index >= 15 is 0 Å². The van der Waals surface area contributed by atoms with Crippen LogP contribution in [-0.2, 0) is 6.42 Å². The summed E-state index contributed by atoms with van der Waals surface area (Å²) in [6.07, 6.45) is 1.05. The molecule has 0 saturated heterocycles. The monoisotopic (exact) mass is 246 g/mol. The zero-order valence-corrected chi connectivity index (χ0v) is 9.61. The summed E-state index contributed by atoms with van der Waals surface area (Å²) in [5.41, 5.74) is 2.49. The summed E-state index contributed by atoms with van der Waals surface area (Å²) in [4.78, 5) is 0.526. The molecule has 1 unspecified atom stereocenters. The van der Waals surface area contributed by atoms with Crippen LogP contribution in [0.4, 0.5) is 0 Å². The summed E-state index contributed by atoms with van der Waals surface area (Å²) in [5, 5.41) is 0.848. The number of alkyl halides is 1. The smallest absolute Gasteiger partial charge is 0.0435 e. The van der Waals surface area contributed by atoms with E-state index in [1.807, 2.05) is 13.0 Å². The van der Waals surface area contributed by atoms with Gasteiger partial charge in [0.15, 0.2) is 0 Å². The third-order valence-corrected chi connectivity index (χ3v) is 2.49. The molecule has 0 heterocycles. The lowest BCUT2D eigenvalue weighted by atomic mass is 10.1. The minimum Gasteiger partial charge on any atom is -0.0890 e. The molecule has 0 N–H and O–H groups in total. The van der Waals surface area contributed by atoms with Crippen LogP contribution < -0.4 is 0 Å². The molecule has 0 aliphatic heterocycles. The SMILES string of the molecule is Cc1cc(CC(C)Br)ccc1Cl. The van der Waals surface area contributed by atoms with Crippen molar-refractivity contribution in [1.29, 1.82) is 0 Å². The van der Waals surface area contributed by atoms with Crippen molar-refractivity contribution in [1.82, 2.24) is 0 Å². The van der Waals surface area contributed by atoms with Gasteiger partial charge in [-0.05, 0) is 30.5 Å². The number of rotatable bonds is 2. The van der Waals surface area contributed by atoms with E-state index in [4.69, 9.17) is 11.6 Å². The van der Waals surface area contributed by atoms with Gasteiger partial charge in [-0.25, -0.2) is 0 Å². The van der Waals surface area contributed by atoms with E-state index < -0.39 is 0 Å². The number of halogens is 2. The molecular formula is C10H12BrCl. The summed E-state index contributed by atoms with van der Waals surface area (Å²) in [6, 6.07) is 6.18. The molecule has 0 aromatic heterocycles. The topological polar surface area (TPSA) is 0 Å². The van der Waals surface area contributed by atoms with Gasteiger partial charge < -0.3 is 0 Å². The van der Waals surface area contributed by atoms with E-state index in [-0.39, 0.29) is 0 Å². The van der Waals surface area contributed by atoms with Gasteiger partial charge >= 0.3 is 0 Å². The highest BCUT2D eigenvalue weighted by Gasteiger charge is 2.00. The molecule has 0 radical (unpaired) electrons. The summed E-state index contributed by atoms with van der Waals surface area (Å²) in [6.45, 7) is 4.18. The Morgan fingerprint density at radius 3 is 2.67 bits per heavy atom. The normalized spacial score (nSPS) is 13.0. The van der Waals surface area contributed by atoms with E-state index in [9.17, 15) is 0 Å². The standard InChI is InChI=1S/C10H12BrCl/c1-7-5-9(6-8(2)11)3-4-10(7)12/h3-5,8H,6H2,1-2H3. The van der Waals surface area contributed by atoms with Crippen molar-refractivity contribution < 1.29 is 0 Å². The molecule has 1 rings (SSSR count). The number of aryl methyl sites for hydroxylation is 1. The fraction of sp³-hybridized carbons (Fsp3) is 0.400. The predicted octanol–water partition coefficient (Wildman–Crippen LogP) is 3.97. The van der Waals surface area contributed by atoms with Gasteiger partial charge in [-0.3, -0.25) is 0 Å². The maximum absolute atomic E-state index is 5.91. The highest BCUT2D eigenvalue weighted by molar-refractivity contribution is 9.09. The van der Waals surface area contributed by atoms with Crippen LogP contribution in [0, 0.1) is 6.92 Å². The molecule has 1 aromatic rings.